The first kappa shape index (κ1) is 17.4. The van der Waals surface area contributed by atoms with Crippen molar-refractivity contribution in [3.63, 3.8) is 0 Å². The lowest BCUT2D eigenvalue weighted by Crippen LogP contribution is -2.25. The lowest BCUT2D eigenvalue weighted by atomic mass is 9.84. The van der Waals surface area contributed by atoms with Crippen LogP contribution in [0.2, 0.25) is 0 Å². The Labute approximate surface area is 164 Å². The summed E-state index contributed by atoms with van der Waals surface area (Å²) in [7, 11) is 0. The topological polar surface area (TPSA) is 26.0 Å². The van der Waals surface area contributed by atoms with Gasteiger partial charge in [-0.1, -0.05) is 97.1 Å². The molecule has 2 heteroatoms. The highest BCUT2D eigenvalue weighted by Gasteiger charge is 2.37. The number of rotatable bonds is 5. The Balaban J connectivity index is 2.00. The van der Waals surface area contributed by atoms with Crippen LogP contribution in [0.1, 0.15) is 16.7 Å². The van der Waals surface area contributed by atoms with Crippen LogP contribution in [0.5, 0.6) is 0 Å². The van der Waals surface area contributed by atoms with Crippen LogP contribution < -0.4 is 5.73 Å². The van der Waals surface area contributed by atoms with Crippen LogP contribution in [0, 0.1) is 0 Å². The molecule has 0 aliphatic heterocycles. The maximum Gasteiger partial charge on any atom is 0.0954 e. The van der Waals surface area contributed by atoms with E-state index in [-0.39, 0.29) is 4.75 Å². The van der Waals surface area contributed by atoms with Gasteiger partial charge in [0.2, 0.25) is 0 Å². The number of benzene rings is 4. The van der Waals surface area contributed by atoms with Gasteiger partial charge in [-0.3, -0.25) is 0 Å². The Morgan fingerprint density at radius 2 is 0.963 bits per heavy atom. The predicted molar refractivity (Wildman–Crippen MR) is 116 cm³/mol. The molecule has 0 unspecified atom stereocenters. The van der Waals surface area contributed by atoms with Gasteiger partial charge < -0.3 is 5.73 Å². The molecule has 27 heavy (non-hydrogen) atoms. The van der Waals surface area contributed by atoms with Gasteiger partial charge in [-0.25, -0.2) is 0 Å². The molecule has 0 aromatic heterocycles. The monoisotopic (exact) mass is 367 g/mol. The average Bonchev–Trinajstić information content (AvgIpc) is 2.74. The van der Waals surface area contributed by atoms with Crippen molar-refractivity contribution < 1.29 is 0 Å². The highest BCUT2D eigenvalue weighted by molar-refractivity contribution is 8.00. The SMILES string of the molecule is Nc1cccc(SC(c2ccccc2)(c2ccccc2)c2ccccc2)c1. The smallest absolute Gasteiger partial charge is 0.0954 e. The summed E-state index contributed by atoms with van der Waals surface area (Å²) in [6.45, 7) is 0. The highest BCUT2D eigenvalue weighted by atomic mass is 32.2. The zero-order valence-corrected chi connectivity index (χ0v) is 15.8. The van der Waals surface area contributed by atoms with Gasteiger partial charge in [0.25, 0.3) is 0 Å². The molecule has 0 fully saturated rings. The minimum Gasteiger partial charge on any atom is -0.399 e. The van der Waals surface area contributed by atoms with Gasteiger partial charge in [0.05, 0.1) is 4.75 Å². The normalized spacial score (nSPS) is 11.3. The molecule has 0 spiro atoms. The average molecular weight is 368 g/mol. The van der Waals surface area contributed by atoms with E-state index in [9.17, 15) is 0 Å². The molecule has 4 aromatic rings. The van der Waals surface area contributed by atoms with E-state index >= 15 is 0 Å². The minimum absolute atomic E-state index is 0.364. The highest BCUT2D eigenvalue weighted by Crippen LogP contribution is 2.51. The number of nitrogens with two attached hydrogens (primary N) is 1. The summed E-state index contributed by atoms with van der Waals surface area (Å²) in [5.74, 6) is 0. The summed E-state index contributed by atoms with van der Waals surface area (Å²) in [6, 6.07) is 40.2. The van der Waals surface area contributed by atoms with Crippen LogP contribution in [-0.2, 0) is 4.75 Å². The molecule has 1 nitrogen and oxygen atoms in total. The molecule has 2 N–H and O–H groups in total. The molecular formula is C25H21NS. The van der Waals surface area contributed by atoms with Gasteiger partial charge in [-0.2, -0.15) is 0 Å². The second-order valence-corrected chi connectivity index (χ2v) is 7.74. The van der Waals surface area contributed by atoms with Crippen molar-refractivity contribution in [2.75, 3.05) is 5.73 Å². The van der Waals surface area contributed by atoms with Crippen LogP contribution in [0.4, 0.5) is 5.69 Å². The van der Waals surface area contributed by atoms with E-state index in [4.69, 9.17) is 5.73 Å². The molecule has 0 heterocycles. The number of hydrogen-bond donors (Lipinski definition) is 1. The third-order valence-corrected chi connectivity index (χ3v) is 6.17. The first-order valence-corrected chi connectivity index (χ1v) is 9.82. The Morgan fingerprint density at radius 1 is 0.519 bits per heavy atom. The summed E-state index contributed by atoms with van der Waals surface area (Å²) in [5.41, 5.74) is 10.6. The standard InChI is InChI=1S/C25H21NS/c26-23-17-10-18-24(19-23)27-25(20-11-4-1-5-12-20,21-13-6-2-7-14-21)22-15-8-3-9-16-22/h1-19H,26H2. The Hall–Kier alpha value is -2.97. The fraction of sp³-hybridized carbons (Fsp3) is 0.0400. The van der Waals surface area contributed by atoms with Gasteiger partial charge in [0, 0.05) is 10.6 Å². The minimum atomic E-state index is -0.364. The molecule has 0 aliphatic carbocycles. The fourth-order valence-corrected chi connectivity index (χ4v) is 4.91. The molecule has 132 valence electrons. The van der Waals surface area contributed by atoms with Crippen LogP contribution in [0.15, 0.2) is 120 Å². The summed E-state index contributed by atoms with van der Waals surface area (Å²) < 4.78 is -0.364. The molecule has 0 bridgehead atoms. The van der Waals surface area contributed by atoms with E-state index in [0.717, 1.165) is 10.6 Å². The van der Waals surface area contributed by atoms with Crippen LogP contribution in [-0.4, -0.2) is 0 Å². The van der Waals surface area contributed by atoms with Gasteiger partial charge in [-0.05, 0) is 34.9 Å². The van der Waals surface area contributed by atoms with E-state index in [1.54, 1.807) is 0 Å². The molecule has 0 saturated carbocycles. The van der Waals surface area contributed by atoms with Crippen LogP contribution >= 0.6 is 11.8 Å². The van der Waals surface area contributed by atoms with Crippen molar-refractivity contribution in [2.45, 2.75) is 9.64 Å². The molecule has 0 saturated heterocycles. The molecule has 0 radical (unpaired) electrons. The molecule has 0 aliphatic rings. The van der Waals surface area contributed by atoms with Crippen molar-refractivity contribution in [3.05, 3.63) is 132 Å². The molecule has 4 rings (SSSR count). The van der Waals surface area contributed by atoms with Crippen molar-refractivity contribution in [3.8, 4) is 0 Å². The van der Waals surface area contributed by atoms with Gasteiger partial charge in [0.1, 0.15) is 0 Å². The van der Waals surface area contributed by atoms with E-state index in [2.05, 4.69) is 97.1 Å². The third-order valence-electron chi connectivity index (χ3n) is 4.67. The van der Waals surface area contributed by atoms with E-state index in [0.29, 0.717) is 0 Å². The summed E-state index contributed by atoms with van der Waals surface area (Å²) in [5, 5.41) is 0. The van der Waals surface area contributed by atoms with Gasteiger partial charge in [0.15, 0.2) is 0 Å². The van der Waals surface area contributed by atoms with Crippen molar-refractivity contribution >= 4 is 17.4 Å². The lowest BCUT2D eigenvalue weighted by molar-refractivity contribution is 0.894. The third kappa shape index (κ3) is 3.49. The first-order valence-electron chi connectivity index (χ1n) is 9.00. The quantitative estimate of drug-likeness (QED) is 0.252. The summed E-state index contributed by atoms with van der Waals surface area (Å²) >= 11 is 1.83. The molecular weight excluding hydrogens is 346 g/mol. The number of anilines is 1. The van der Waals surface area contributed by atoms with Crippen LogP contribution in [0.25, 0.3) is 0 Å². The van der Waals surface area contributed by atoms with Crippen molar-refractivity contribution in [1.82, 2.24) is 0 Å². The van der Waals surface area contributed by atoms with Crippen molar-refractivity contribution in [1.29, 1.82) is 0 Å². The lowest BCUT2D eigenvalue weighted by Gasteiger charge is -2.35. The molecule has 0 amide bonds. The van der Waals surface area contributed by atoms with Gasteiger partial charge >= 0.3 is 0 Å². The number of hydrogen-bond acceptors (Lipinski definition) is 2. The summed E-state index contributed by atoms with van der Waals surface area (Å²) in [4.78, 5) is 1.14. The second-order valence-electron chi connectivity index (χ2n) is 6.45. The largest absolute Gasteiger partial charge is 0.399 e. The predicted octanol–water partition coefficient (Wildman–Crippen LogP) is 6.35. The number of nitrogen functional groups attached to an aromatic ring is 1. The fourth-order valence-electron chi connectivity index (χ4n) is 3.45. The Bertz CT molecular complexity index is 901. The van der Waals surface area contributed by atoms with E-state index in [1.807, 2.05) is 30.0 Å². The summed E-state index contributed by atoms with van der Waals surface area (Å²) in [6.07, 6.45) is 0. The molecule has 0 atom stereocenters. The zero-order valence-electron chi connectivity index (χ0n) is 15.0. The van der Waals surface area contributed by atoms with Crippen molar-refractivity contribution in [2.24, 2.45) is 0 Å². The molecule has 4 aromatic carbocycles. The maximum absolute atomic E-state index is 6.08. The van der Waals surface area contributed by atoms with Crippen LogP contribution in [0.3, 0.4) is 0 Å². The van der Waals surface area contributed by atoms with E-state index < -0.39 is 0 Å². The first-order chi connectivity index (χ1) is 13.3. The Morgan fingerprint density at radius 3 is 1.37 bits per heavy atom. The second kappa shape index (κ2) is 7.73. The number of thioether (sulfide) groups is 1. The zero-order chi connectivity index (χ0) is 18.5. The maximum atomic E-state index is 6.08. The van der Waals surface area contributed by atoms with Gasteiger partial charge in [-0.15, -0.1) is 11.8 Å². The Kier molecular flexibility index (Phi) is 4.99. The van der Waals surface area contributed by atoms with E-state index in [1.165, 1.54) is 16.7 Å².